The van der Waals surface area contributed by atoms with Crippen molar-refractivity contribution in [3.8, 4) is 0 Å². The minimum Gasteiger partial charge on any atom is -0.385 e. The van der Waals surface area contributed by atoms with E-state index in [2.05, 4.69) is 18.8 Å². The molecule has 8 heavy (non-hydrogen) atoms. The van der Waals surface area contributed by atoms with Crippen molar-refractivity contribution in [2.24, 2.45) is 5.73 Å². The Bertz CT molecular complexity index is 84.1. The third-order valence-electron chi connectivity index (χ3n) is 0.343. The fraction of sp³-hybridized carbons (Fsp3) is 0.250. The van der Waals surface area contributed by atoms with Crippen LogP contribution >= 0.6 is 24.0 Å². The van der Waals surface area contributed by atoms with Crippen LogP contribution in [0.15, 0.2) is 12.7 Å². The van der Waals surface area contributed by atoms with E-state index >= 15 is 0 Å². The second kappa shape index (κ2) is 7.50. The van der Waals surface area contributed by atoms with Gasteiger partial charge in [0.15, 0.2) is 0 Å². The molecule has 0 fully saturated rings. The first kappa shape index (κ1) is 11.3. The molecular formula is C4H7FeNS2. The summed E-state index contributed by atoms with van der Waals surface area (Å²) in [5.74, 6) is 0.815. The van der Waals surface area contributed by atoms with Crippen LogP contribution in [-0.2, 0) is 17.1 Å². The number of hydrogen-bond donors (Lipinski definition) is 1. The minimum atomic E-state index is 0. The van der Waals surface area contributed by atoms with Crippen LogP contribution in [-0.4, -0.2) is 10.1 Å². The van der Waals surface area contributed by atoms with Crippen LogP contribution in [0.25, 0.3) is 0 Å². The maximum Gasteiger partial charge on any atom is 0.131 e. The molecule has 0 aliphatic heterocycles. The fourth-order valence-electron chi connectivity index (χ4n) is 0.141. The molecule has 2 N–H and O–H groups in total. The summed E-state index contributed by atoms with van der Waals surface area (Å²) in [4.78, 5) is 0. The standard InChI is InChI=1S/C4H7NS2.Fe/c1-2-3-7-4(5)6;/h2H,1,3H2,(H2,5,6);. The molecule has 0 amide bonds. The molecule has 48 valence electrons. The van der Waals surface area contributed by atoms with Crippen molar-refractivity contribution in [1.82, 2.24) is 0 Å². The first-order valence-corrected chi connectivity index (χ1v) is 3.20. The van der Waals surface area contributed by atoms with Gasteiger partial charge in [0.2, 0.25) is 0 Å². The molecule has 0 radical (unpaired) electrons. The number of nitrogens with two attached hydrogens (primary N) is 1. The number of thioether (sulfide) groups is 1. The summed E-state index contributed by atoms with van der Waals surface area (Å²) in [6.07, 6.45) is 1.77. The van der Waals surface area contributed by atoms with Gasteiger partial charge in [-0.25, -0.2) is 0 Å². The first-order chi connectivity index (χ1) is 3.27. The Morgan fingerprint density at radius 1 is 1.88 bits per heavy atom. The van der Waals surface area contributed by atoms with Crippen molar-refractivity contribution >= 4 is 28.3 Å². The predicted octanol–water partition coefficient (Wildman–Crippen LogP) is 1.15. The van der Waals surface area contributed by atoms with Crippen molar-refractivity contribution in [1.29, 1.82) is 0 Å². The third-order valence-corrected chi connectivity index (χ3v) is 1.38. The second-order valence-corrected chi connectivity index (χ2v) is 2.68. The summed E-state index contributed by atoms with van der Waals surface area (Å²) in [7, 11) is 0. The molecular weight excluding hydrogens is 182 g/mol. The maximum absolute atomic E-state index is 5.13. The van der Waals surface area contributed by atoms with E-state index in [1.165, 1.54) is 11.8 Å². The number of hydrogen-bond acceptors (Lipinski definition) is 2. The Hall–Kier alpha value is 0.499. The Morgan fingerprint density at radius 3 is 2.50 bits per heavy atom. The molecule has 1 nitrogen and oxygen atoms in total. The predicted molar refractivity (Wildman–Crippen MR) is 39.4 cm³/mol. The molecule has 0 unspecified atom stereocenters. The topological polar surface area (TPSA) is 26.0 Å². The molecule has 0 aromatic heterocycles. The minimum absolute atomic E-state index is 0. The van der Waals surface area contributed by atoms with E-state index < -0.39 is 0 Å². The molecule has 0 aliphatic rings. The van der Waals surface area contributed by atoms with Gasteiger partial charge in [0.1, 0.15) is 4.32 Å². The van der Waals surface area contributed by atoms with Gasteiger partial charge in [-0.15, -0.1) is 6.58 Å². The van der Waals surface area contributed by atoms with Gasteiger partial charge in [0.05, 0.1) is 0 Å². The SMILES string of the molecule is C=CCSC(N)=S.[Fe]. The molecule has 0 heterocycles. The zero-order valence-corrected chi connectivity index (χ0v) is 6.98. The van der Waals surface area contributed by atoms with Crippen molar-refractivity contribution < 1.29 is 17.1 Å². The largest absolute Gasteiger partial charge is 0.385 e. The van der Waals surface area contributed by atoms with E-state index in [0.717, 1.165) is 5.75 Å². The zero-order chi connectivity index (χ0) is 5.70. The average molecular weight is 189 g/mol. The Balaban J connectivity index is 0. The molecule has 0 saturated heterocycles. The van der Waals surface area contributed by atoms with Crippen LogP contribution in [0.5, 0.6) is 0 Å². The molecule has 0 bridgehead atoms. The van der Waals surface area contributed by atoms with Gasteiger partial charge in [-0.3, -0.25) is 0 Å². The molecule has 0 saturated carbocycles. The maximum atomic E-state index is 5.13. The molecule has 0 atom stereocenters. The quantitative estimate of drug-likeness (QED) is 0.401. The van der Waals surface area contributed by atoms with Gasteiger partial charge >= 0.3 is 0 Å². The van der Waals surface area contributed by atoms with Crippen molar-refractivity contribution in [2.45, 2.75) is 0 Å². The monoisotopic (exact) mass is 189 g/mol. The number of thiocarbonyl (C=S) groups is 1. The summed E-state index contributed by atoms with van der Waals surface area (Å²) in [5, 5.41) is 0. The molecule has 0 spiro atoms. The van der Waals surface area contributed by atoms with Gasteiger partial charge in [-0.1, -0.05) is 30.1 Å². The van der Waals surface area contributed by atoms with Gasteiger partial charge in [-0.2, -0.15) is 0 Å². The smallest absolute Gasteiger partial charge is 0.131 e. The Morgan fingerprint density at radius 2 is 2.38 bits per heavy atom. The summed E-state index contributed by atoms with van der Waals surface area (Å²) in [6.45, 7) is 3.50. The van der Waals surface area contributed by atoms with E-state index in [1.807, 2.05) is 0 Å². The van der Waals surface area contributed by atoms with Crippen molar-refractivity contribution in [2.75, 3.05) is 5.75 Å². The normalized spacial score (nSPS) is 7.00. The van der Waals surface area contributed by atoms with E-state index in [4.69, 9.17) is 5.73 Å². The number of rotatable bonds is 2. The third kappa shape index (κ3) is 9.71. The van der Waals surface area contributed by atoms with Gasteiger partial charge < -0.3 is 5.73 Å². The van der Waals surface area contributed by atoms with E-state index in [1.54, 1.807) is 6.08 Å². The zero-order valence-electron chi connectivity index (χ0n) is 4.24. The Labute approximate surface area is 69.6 Å². The van der Waals surface area contributed by atoms with Crippen LogP contribution in [0, 0.1) is 0 Å². The second-order valence-electron chi connectivity index (χ2n) is 0.919. The van der Waals surface area contributed by atoms with Crippen LogP contribution in [0.2, 0.25) is 0 Å². The average Bonchev–Trinajstić information content (AvgIpc) is 1.61. The fourth-order valence-corrected chi connectivity index (χ4v) is 0.627. The summed E-state index contributed by atoms with van der Waals surface area (Å²) in [5.41, 5.74) is 5.13. The first-order valence-electron chi connectivity index (χ1n) is 1.80. The van der Waals surface area contributed by atoms with Crippen LogP contribution in [0.3, 0.4) is 0 Å². The molecule has 4 heteroatoms. The van der Waals surface area contributed by atoms with Crippen molar-refractivity contribution in [3.05, 3.63) is 12.7 Å². The summed E-state index contributed by atoms with van der Waals surface area (Å²) in [6, 6.07) is 0. The molecule has 0 rings (SSSR count). The summed E-state index contributed by atoms with van der Waals surface area (Å²) < 4.78 is 0.486. The van der Waals surface area contributed by atoms with Crippen LogP contribution < -0.4 is 5.73 Å². The summed E-state index contributed by atoms with van der Waals surface area (Å²) >= 11 is 5.98. The Kier molecular flexibility index (Phi) is 10.6. The van der Waals surface area contributed by atoms with E-state index in [-0.39, 0.29) is 17.1 Å². The molecule has 0 aromatic rings. The van der Waals surface area contributed by atoms with Gasteiger partial charge in [-0.05, 0) is 0 Å². The molecule has 0 aliphatic carbocycles. The van der Waals surface area contributed by atoms with Crippen LogP contribution in [0.1, 0.15) is 0 Å². The van der Waals surface area contributed by atoms with Gasteiger partial charge in [0.25, 0.3) is 0 Å². The van der Waals surface area contributed by atoms with Gasteiger partial charge in [0, 0.05) is 22.8 Å². The van der Waals surface area contributed by atoms with E-state index in [0.29, 0.717) is 4.32 Å². The van der Waals surface area contributed by atoms with Crippen LogP contribution in [0.4, 0.5) is 0 Å². The molecule has 0 aromatic carbocycles. The van der Waals surface area contributed by atoms with Crippen molar-refractivity contribution in [3.63, 3.8) is 0 Å². The van der Waals surface area contributed by atoms with E-state index in [9.17, 15) is 0 Å².